The van der Waals surface area contributed by atoms with Crippen molar-refractivity contribution in [3.05, 3.63) is 52.6 Å². The molecule has 0 aliphatic heterocycles. The Balaban J connectivity index is 2.17. The second kappa shape index (κ2) is 7.04. The third-order valence-electron chi connectivity index (χ3n) is 2.85. The predicted molar refractivity (Wildman–Crippen MR) is 74.5 cm³/mol. The van der Waals surface area contributed by atoms with Crippen LogP contribution in [-0.2, 0) is 20.7 Å². The van der Waals surface area contributed by atoms with E-state index in [0.717, 1.165) is 6.07 Å². The summed E-state index contributed by atoms with van der Waals surface area (Å²) in [5, 5.41) is 5.98. The molecule has 0 spiro atoms. The first-order valence-electron chi connectivity index (χ1n) is 6.22. The highest BCUT2D eigenvalue weighted by molar-refractivity contribution is 6.30. The molecule has 0 aliphatic rings. The SMILES string of the molecule is COC(=O)C(NC(=O)Cc1ccon1)c1ccc(Cl)c(F)c1. The molecule has 8 heteroatoms. The van der Waals surface area contributed by atoms with Crippen LogP contribution in [0.1, 0.15) is 17.3 Å². The molecule has 1 N–H and O–H groups in total. The number of carbonyl (C=O) groups is 2. The molecule has 0 saturated heterocycles. The van der Waals surface area contributed by atoms with Crippen molar-refractivity contribution in [2.24, 2.45) is 0 Å². The molecular formula is C14H12ClFN2O4. The van der Waals surface area contributed by atoms with Crippen molar-refractivity contribution in [2.45, 2.75) is 12.5 Å². The number of benzene rings is 1. The Labute approximate surface area is 130 Å². The summed E-state index contributed by atoms with van der Waals surface area (Å²) in [6.45, 7) is 0. The monoisotopic (exact) mass is 326 g/mol. The lowest BCUT2D eigenvalue weighted by Crippen LogP contribution is -2.35. The van der Waals surface area contributed by atoms with E-state index in [9.17, 15) is 14.0 Å². The zero-order chi connectivity index (χ0) is 16.1. The molecule has 0 fully saturated rings. The molecule has 0 saturated carbocycles. The van der Waals surface area contributed by atoms with Crippen LogP contribution < -0.4 is 5.32 Å². The van der Waals surface area contributed by atoms with Crippen molar-refractivity contribution >= 4 is 23.5 Å². The number of ether oxygens (including phenoxy) is 1. The fraction of sp³-hybridized carbons (Fsp3) is 0.214. The van der Waals surface area contributed by atoms with Gasteiger partial charge in [-0.05, 0) is 17.7 Å². The highest BCUT2D eigenvalue weighted by atomic mass is 35.5. The topological polar surface area (TPSA) is 81.4 Å². The molecule has 1 aromatic carbocycles. The summed E-state index contributed by atoms with van der Waals surface area (Å²) in [7, 11) is 1.17. The van der Waals surface area contributed by atoms with Crippen molar-refractivity contribution in [2.75, 3.05) is 7.11 Å². The average molecular weight is 327 g/mol. The number of halogens is 2. The van der Waals surface area contributed by atoms with Crippen LogP contribution in [-0.4, -0.2) is 24.1 Å². The first-order valence-corrected chi connectivity index (χ1v) is 6.60. The number of hydrogen-bond acceptors (Lipinski definition) is 5. The highest BCUT2D eigenvalue weighted by Gasteiger charge is 2.24. The van der Waals surface area contributed by atoms with Gasteiger partial charge >= 0.3 is 5.97 Å². The molecule has 22 heavy (non-hydrogen) atoms. The van der Waals surface area contributed by atoms with Gasteiger partial charge in [-0.1, -0.05) is 22.8 Å². The number of nitrogens with zero attached hydrogens (tertiary/aromatic N) is 1. The van der Waals surface area contributed by atoms with Crippen molar-refractivity contribution in [3.8, 4) is 0 Å². The normalized spacial score (nSPS) is 11.8. The highest BCUT2D eigenvalue weighted by Crippen LogP contribution is 2.21. The summed E-state index contributed by atoms with van der Waals surface area (Å²) >= 11 is 5.60. The number of amides is 1. The molecule has 2 aromatic rings. The number of methoxy groups -OCH3 is 1. The molecule has 1 atom stereocenters. The van der Waals surface area contributed by atoms with Crippen LogP contribution in [0, 0.1) is 5.82 Å². The minimum absolute atomic E-state index is 0.0821. The predicted octanol–water partition coefficient (Wildman–Crippen LogP) is 2.04. The van der Waals surface area contributed by atoms with E-state index in [-0.39, 0.29) is 17.0 Å². The number of esters is 1. The number of hydrogen-bond donors (Lipinski definition) is 1. The third-order valence-corrected chi connectivity index (χ3v) is 3.16. The van der Waals surface area contributed by atoms with Crippen LogP contribution in [0.5, 0.6) is 0 Å². The van der Waals surface area contributed by atoms with E-state index < -0.39 is 23.7 Å². The van der Waals surface area contributed by atoms with Gasteiger partial charge in [0.2, 0.25) is 5.91 Å². The van der Waals surface area contributed by atoms with Crippen LogP contribution in [0.4, 0.5) is 4.39 Å². The van der Waals surface area contributed by atoms with Crippen molar-refractivity contribution in [1.29, 1.82) is 0 Å². The molecule has 1 aromatic heterocycles. The quantitative estimate of drug-likeness (QED) is 0.850. The standard InChI is InChI=1S/C14H12ClFN2O4/c1-21-14(20)13(8-2-3-10(15)11(16)6-8)17-12(19)7-9-4-5-22-18-9/h2-6,13H,7H2,1H3,(H,17,19). The number of rotatable bonds is 5. The summed E-state index contributed by atoms with van der Waals surface area (Å²) in [5.41, 5.74) is 0.630. The van der Waals surface area contributed by atoms with Gasteiger partial charge in [-0.15, -0.1) is 0 Å². The molecule has 1 unspecified atom stereocenters. The van der Waals surface area contributed by atoms with Crippen molar-refractivity contribution < 1.29 is 23.2 Å². The Morgan fingerprint density at radius 2 is 2.23 bits per heavy atom. The molecule has 2 rings (SSSR count). The number of nitrogens with one attached hydrogen (secondary N) is 1. The molecule has 6 nitrogen and oxygen atoms in total. The van der Waals surface area contributed by atoms with Gasteiger partial charge in [0.25, 0.3) is 0 Å². The fourth-order valence-corrected chi connectivity index (χ4v) is 1.91. The van der Waals surface area contributed by atoms with E-state index in [1.54, 1.807) is 0 Å². The van der Waals surface area contributed by atoms with Gasteiger partial charge in [-0.3, -0.25) is 4.79 Å². The molecule has 1 amide bonds. The van der Waals surface area contributed by atoms with Crippen LogP contribution in [0.15, 0.2) is 35.1 Å². The van der Waals surface area contributed by atoms with E-state index in [4.69, 9.17) is 11.6 Å². The Morgan fingerprint density at radius 3 is 2.82 bits per heavy atom. The average Bonchev–Trinajstić information content (AvgIpc) is 3.00. The zero-order valence-corrected chi connectivity index (χ0v) is 12.3. The minimum Gasteiger partial charge on any atom is -0.467 e. The second-order valence-corrected chi connectivity index (χ2v) is 4.77. The second-order valence-electron chi connectivity index (χ2n) is 4.36. The van der Waals surface area contributed by atoms with E-state index in [1.807, 2.05) is 0 Å². The van der Waals surface area contributed by atoms with Gasteiger partial charge in [0, 0.05) is 6.07 Å². The van der Waals surface area contributed by atoms with Crippen LogP contribution in [0.2, 0.25) is 5.02 Å². The lowest BCUT2D eigenvalue weighted by molar-refractivity contribution is -0.145. The molecular weight excluding hydrogens is 315 g/mol. The van der Waals surface area contributed by atoms with E-state index in [2.05, 4.69) is 19.7 Å². The summed E-state index contributed by atoms with van der Waals surface area (Å²) in [5.74, 6) is -1.91. The van der Waals surface area contributed by atoms with Gasteiger partial charge in [0.05, 0.1) is 24.2 Å². The number of carbonyl (C=O) groups excluding carboxylic acids is 2. The van der Waals surface area contributed by atoms with E-state index in [1.165, 1.54) is 31.6 Å². The first kappa shape index (κ1) is 16.0. The van der Waals surface area contributed by atoms with Crippen LogP contribution in [0.25, 0.3) is 0 Å². The van der Waals surface area contributed by atoms with Crippen LogP contribution in [0.3, 0.4) is 0 Å². The summed E-state index contributed by atoms with van der Waals surface area (Å²) < 4.78 is 22.8. The summed E-state index contributed by atoms with van der Waals surface area (Å²) in [6.07, 6.45) is 1.25. The lowest BCUT2D eigenvalue weighted by atomic mass is 10.1. The van der Waals surface area contributed by atoms with E-state index in [0.29, 0.717) is 5.69 Å². The molecule has 0 bridgehead atoms. The maximum absolute atomic E-state index is 13.5. The fourth-order valence-electron chi connectivity index (χ4n) is 1.79. The smallest absolute Gasteiger partial charge is 0.333 e. The molecule has 1 heterocycles. The van der Waals surface area contributed by atoms with Gasteiger partial charge in [-0.25, -0.2) is 9.18 Å². The number of aromatic nitrogens is 1. The summed E-state index contributed by atoms with van der Waals surface area (Å²) in [6, 6.07) is 4.18. The minimum atomic E-state index is -1.14. The summed E-state index contributed by atoms with van der Waals surface area (Å²) in [4.78, 5) is 23.8. The molecule has 0 radical (unpaired) electrons. The largest absolute Gasteiger partial charge is 0.467 e. The van der Waals surface area contributed by atoms with Gasteiger partial charge in [0.1, 0.15) is 12.1 Å². The van der Waals surface area contributed by atoms with Gasteiger partial charge in [0.15, 0.2) is 6.04 Å². The van der Waals surface area contributed by atoms with Crippen LogP contribution >= 0.6 is 11.6 Å². The van der Waals surface area contributed by atoms with Crippen molar-refractivity contribution in [1.82, 2.24) is 10.5 Å². The Bertz CT molecular complexity index is 675. The van der Waals surface area contributed by atoms with Gasteiger partial charge in [-0.2, -0.15) is 0 Å². The molecule has 116 valence electrons. The lowest BCUT2D eigenvalue weighted by Gasteiger charge is -2.17. The van der Waals surface area contributed by atoms with Crippen molar-refractivity contribution in [3.63, 3.8) is 0 Å². The Hall–Kier alpha value is -2.41. The van der Waals surface area contributed by atoms with E-state index >= 15 is 0 Å². The van der Waals surface area contributed by atoms with Gasteiger partial charge < -0.3 is 14.6 Å². The maximum Gasteiger partial charge on any atom is 0.333 e. The Kier molecular flexibility index (Phi) is 5.11. The zero-order valence-electron chi connectivity index (χ0n) is 11.5. The molecule has 0 aliphatic carbocycles. The first-order chi connectivity index (χ1) is 10.5. The maximum atomic E-state index is 13.5. The third kappa shape index (κ3) is 3.82. The Morgan fingerprint density at radius 1 is 1.45 bits per heavy atom.